The lowest BCUT2D eigenvalue weighted by molar-refractivity contribution is -0.142. The fourth-order valence-electron chi connectivity index (χ4n) is 1.20. The monoisotopic (exact) mass is 211 g/mol. The number of benzene rings is 1. The Balaban J connectivity index is 2.61. The second-order valence-corrected chi connectivity index (χ2v) is 3.85. The van der Waals surface area contributed by atoms with Crippen LogP contribution in [0.25, 0.3) is 0 Å². The van der Waals surface area contributed by atoms with E-state index in [0.717, 1.165) is 5.56 Å². The summed E-state index contributed by atoms with van der Waals surface area (Å²) in [6.07, 6.45) is 0.739. The molecule has 0 aliphatic heterocycles. The average molecular weight is 211 g/mol. The van der Waals surface area contributed by atoms with E-state index in [4.69, 9.17) is 10.8 Å². The molecule has 0 aliphatic carbocycles. The number of carboxylic acids is 1. The Labute approximate surface area is 87.7 Å². The lowest BCUT2D eigenvalue weighted by Crippen LogP contribution is -2.45. The number of nitrogens with two attached hydrogens (primary N) is 1. The minimum absolute atomic E-state index is 0.284. The first-order valence-electron chi connectivity index (χ1n) is 4.68. The van der Waals surface area contributed by atoms with E-state index in [2.05, 4.69) is 0 Å². The van der Waals surface area contributed by atoms with Gasteiger partial charge in [0.25, 0.3) is 0 Å². The van der Waals surface area contributed by atoms with Gasteiger partial charge in [0.05, 0.1) is 0 Å². The number of carbonyl (C=O) groups is 1. The minimum Gasteiger partial charge on any atom is -0.480 e. The molecule has 3 nitrogen and oxygen atoms in total. The number of rotatable bonds is 4. The van der Waals surface area contributed by atoms with Gasteiger partial charge in [0, 0.05) is 0 Å². The van der Waals surface area contributed by atoms with E-state index in [9.17, 15) is 9.18 Å². The lowest BCUT2D eigenvalue weighted by atomic mass is 9.94. The summed E-state index contributed by atoms with van der Waals surface area (Å²) >= 11 is 0. The van der Waals surface area contributed by atoms with Crippen LogP contribution in [0.15, 0.2) is 24.3 Å². The van der Waals surface area contributed by atoms with Gasteiger partial charge < -0.3 is 10.8 Å². The van der Waals surface area contributed by atoms with E-state index < -0.39 is 11.5 Å². The molecule has 1 aromatic rings. The van der Waals surface area contributed by atoms with Crippen molar-refractivity contribution < 1.29 is 14.3 Å². The predicted molar refractivity (Wildman–Crippen MR) is 54.9 cm³/mol. The standard InChI is InChI=1S/C11H14FNO2/c1-11(13,10(14)15)6-5-8-3-2-4-9(12)7-8/h2-4,7H,5-6,13H2,1H3,(H,14,15)/t11-/m1/s1. The summed E-state index contributed by atoms with van der Waals surface area (Å²) in [6.45, 7) is 1.45. The quantitative estimate of drug-likeness (QED) is 0.794. The summed E-state index contributed by atoms with van der Waals surface area (Å²) in [5.41, 5.74) is 5.05. The van der Waals surface area contributed by atoms with Crippen molar-refractivity contribution in [3.05, 3.63) is 35.6 Å². The van der Waals surface area contributed by atoms with Crippen LogP contribution in [0.3, 0.4) is 0 Å². The topological polar surface area (TPSA) is 63.3 Å². The van der Waals surface area contributed by atoms with Crippen molar-refractivity contribution in [3.8, 4) is 0 Å². The molecule has 0 heterocycles. The zero-order chi connectivity index (χ0) is 11.5. The van der Waals surface area contributed by atoms with E-state index in [1.54, 1.807) is 12.1 Å². The van der Waals surface area contributed by atoms with E-state index in [-0.39, 0.29) is 12.2 Å². The van der Waals surface area contributed by atoms with E-state index >= 15 is 0 Å². The Morgan fingerprint density at radius 3 is 2.80 bits per heavy atom. The minimum atomic E-state index is -1.26. The van der Waals surface area contributed by atoms with E-state index in [1.165, 1.54) is 19.1 Å². The van der Waals surface area contributed by atoms with Gasteiger partial charge in [-0.1, -0.05) is 12.1 Å². The van der Waals surface area contributed by atoms with E-state index in [1.807, 2.05) is 0 Å². The third-order valence-electron chi connectivity index (χ3n) is 2.31. The summed E-state index contributed by atoms with van der Waals surface area (Å²) in [5, 5.41) is 8.77. The van der Waals surface area contributed by atoms with Gasteiger partial charge in [-0.25, -0.2) is 4.39 Å². The SMILES string of the molecule is C[C@@](N)(CCc1cccc(F)c1)C(=O)O. The third-order valence-corrected chi connectivity index (χ3v) is 2.31. The van der Waals surface area contributed by atoms with Crippen LogP contribution in [0.4, 0.5) is 4.39 Å². The Kier molecular flexibility index (Phi) is 3.42. The first kappa shape index (κ1) is 11.7. The van der Waals surface area contributed by atoms with Crippen LogP contribution < -0.4 is 5.73 Å². The van der Waals surface area contributed by atoms with Crippen molar-refractivity contribution in [1.82, 2.24) is 0 Å². The van der Waals surface area contributed by atoms with Gasteiger partial charge >= 0.3 is 5.97 Å². The van der Waals surface area contributed by atoms with Crippen molar-refractivity contribution in [2.45, 2.75) is 25.3 Å². The molecule has 82 valence electrons. The largest absolute Gasteiger partial charge is 0.480 e. The molecule has 1 atom stereocenters. The number of hydrogen-bond donors (Lipinski definition) is 2. The van der Waals surface area contributed by atoms with Gasteiger partial charge in [-0.3, -0.25) is 4.79 Å². The molecule has 3 N–H and O–H groups in total. The van der Waals surface area contributed by atoms with Crippen molar-refractivity contribution in [2.24, 2.45) is 5.73 Å². The molecule has 0 spiro atoms. The highest BCUT2D eigenvalue weighted by molar-refractivity contribution is 5.77. The Morgan fingerprint density at radius 1 is 1.60 bits per heavy atom. The van der Waals surface area contributed by atoms with Gasteiger partial charge in [0.1, 0.15) is 11.4 Å². The van der Waals surface area contributed by atoms with Crippen LogP contribution in [0.1, 0.15) is 18.9 Å². The summed E-state index contributed by atoms with van der Waals surface area (Å²) in [4.78, 5) is 10.7. The third kappa shape index (κ3) is 3.32. The normalized spacial score (nSPS) is 14.6. The molecule has 1 aromatic carbocycles. The maximum atomic E-state index is 12.8. The molecule has 0 bridgehead atoms. The predicted octanol–water partition coefficient (Wildman–Crippen LogP) is 1.56. The number of aryl methyl sites for hydroxylation is 1. The molecular weight excluding hydrogens is 197 g/mol. The fraction of sp³-hybridized carbons (Fsp3) is 0.364. The second-order valence-electron chi connectivity index (χ2n) is 3.85. The number of aliphatic carboxylic acids is 1. The number of halogens is 1. The molecule has 0 fully saturated rings. The van der Waals surface area contributed by atoms with Crippen LogP contribution in [0.2, 0.25) is 0 Å². The molecule has 15 heavy (non-hydrogen) atoms. The van der Waals surface area contributed by atoms with Crippen LogP contribution in [-0.4, -0.2) is 16.6 Å². The van der Waals surface area contributed by atoms with Crippen molar-refractivity contribution in [1.29, 1.82) is 0 Å². The molecule has 0 aliphatic rings. The van der Waals surface area contributed by atoms with Crippen LogP contribution in [0, 0.1) is 5.82 Å². The highest BCUT2D eigenvalue weighted by atomic mass is 19.1. The summed E-state index contributed by atoms with van der Waals surface area (Å²) < 4.78 is 12.8. The molecule has 0 unspecified atom stereocenters. The van der Waals surface area contributed by atoms with Crippen LogP contribution in [-0.2, 0) is 11.2 Å². The molecule has 0 radical (unpaired) electrons. The molecule has 0 saturated heterocycles. The van der Waals surface area contributed by atoms with Gasteiger partial charge in [0.15, 0.2) is 0 Å². The number of hydrogen-bond acceptors (Lipinski definition) is 2. The van der Waals surface area contributed by atoms with Gasteiger partial charge in [-0.15, -0.1) is 0 Å². The van der Waals surface area contributed by atoms with Gasteiger partial charge in [-0.05, 0) is 37.5 Å². The van der Waals surface area contributed by atoms with Crippen LogP contribution in [0.5, 0.6) is 0 Å². The average Bonchev–Trinajstić information content (AvgIpc) is 2.15. The van der Waals surface area contributed by atoms with Crippen molar-refractivity contribution >= 4 is 5.97 Å². The zero-order valence-electron chi connectivity index (χ0n) is 8.53. The van der Waals surface area contributed by atoms with Gasteiger partial charge in [0.2, 0.25) is 0 Å². The molecule has 0 amide bonds. The van der Waals surface area contributed by atoms with Crippen LogP contribution >= 0.6 is 0 Å². The lowest BCUT2D eigenvalue weighted by Gasteiger charge is -2.18. The molecule has 0 saturated carbocycles. The second kappa shape index (κ2) is 4.40. The van der Waals surface area contributed by atoms with Crippen molar-refractivity contribution in [3.63, 3.8) is 0 Å². The highest BCUT2D eigenvalue weighted by Gasteiger charge is 2.27. The molecular formula is C11H14FNO2. The first-order valence-corrected chi connectivity index (χ1v) is 4.68. The molecule has 4 heteroatoms. The number of carboxylic acid groups (broad SMARTS) is 1. The maximum Gasteiger partial charge on any atom is 0.323 e. The Bertz CT molecular complexity index is 363. The fourth-order valence-corrected chi connectivity index (χ4v) is 1.20. The summed E-state index contributed by atoms with van der Waals surface area (Å²) in [7, 11) is 0. The smallest absolute Gasteiger partial charge is 0.323 e. The Hall–Kier alpha value is -1.42. The van der Waals surface area contributed by atoms with E-state index in [0.29, 0.717) is 6.42 Å². The first-order chi connectivity index (χ1) is 6.92. The molecule has 0 aromatic heterocycles. The van der Waals surface area contributed by atoms with Gasteiger partial charge in [-0.2, -0.15) is 0 Å². The molecule has 1 rings (SSSR count). The van der Waals surface area contributed by atoms with Crippen molar-refractivity contribution in [2.75, 3.05) is 0 Å². The Morgan fingerprint density at radius 2 is 2.27 bits per heavy atom. The summed E-state index contributed by atoms with van der Waals surface area (Å²) in [5.74, 6) is -1.36. The zero-order valence-corrected chi connectivity index (χ0v) is 8.53. The highest BCUT2D eigenvalue weighted by Crippen LogP contribution is 2.12. The summed E-state index contributed by atoms with van der Waals surface area (Å²) in [6, 6.07) is 6.08. The maximum absolute atomic E-state index is 12.8.